The number of likely N-dealkylation sites (tertiary alicyclic amines) is 1. The molecular weight excluding hydrogens is 665 g/mol. The number of aliphatic hydroxyl groups is 1. The molecule has 1 spiro atoms. The van der Waals surface area contributed by atoms with Gasteiger partial charge in [-0.3, -0.25) is 19.3 Å². The van der Waals surface area contributed by atoms with Gasteiger partial charge < -0.3 is 29.3 Å². The van der Waals surface area contributed by atoms with Crippen LogP contribution in [0, 0.1) is 11.8 Å². The van der Waals surface area contributed by atoms with Gasteiger partial charge in [0.05, 0.1) is 49.1 Å². The SMILES string of the molecule is C=CCN(CCN1CCOCC1)C(=O)C1N([C@@H](CO)Cc2ccccc2)C(=O)[C@@H]2[C@H](C(=O)N(CC=C)c3ccc(OCC)cc3)[C@]3(C)CCC12S3. The summed E-state index contributed by atoms with van der Waals surface area (Å²) in [5, 5.41) is 10.9. The van der Waals surface area contributed by atoms with E-state index < -0.39 is 33.4 Å². The van der Waals surface area contributed by atoms with E-state index in [0.29, 0.717) is 70.2 Å². The van der Waals surface area contributed by atoms with E-state index in [4.69, 9.17) is 9.47 Å². The maximum atomic E-state index is 15.1. The molecule has 3 amide bonds. The van der Waals surface area contributed by atoms with E-state index in [2.05, 4.69) is 25.0 Å². The Labute approximate surface area is 306 Å². The summed E-state index contributed by atoms with van der Waals surface area (Å²) in [7, 11) is 0. The highest BCUT2D eigenvalue weighted by Crippen LogP contribution is 2.72. The van der Waals surface area contributed by atoms with Crippen LogP contribution < -0.4 is 9.64 Å². The van der Waals surface area contributed by atoms with Gasteiger partial charge in [0.2, 0.25) is 17.7 Å². The van der Waals surface area contributed by atoms with E-state index in [9.17, 15) is 9.90 Å². The van der Waals surface area contributed by atoms with Gasteiger partial charge in [0, 0.05) is 49.7 Å². The number of hydrogen-bond acceptors (Lipinski definition) is 8. The molecule has 2 bridgehead atoms. The van der Waals surface area contributed by atoms with Crippen molar-refractivity contribution in [3.8, 4) is 5.75 Å². The number of morpholine rings is 1. The Kier molecular flexibility index (Phi) is 11.6. The van der Waals surface area contributed by atoms with Crippen molar-refractivity contribution in [2.75, 3.05) is 70.6 Å². The number of nitrogens with zero attached hydrogens (tertiary/aromatic N) is 4. The van der Waals surface area contributed by atoms with E-state index in [1.54, 1.807) is 33.7 Å². The first-order valence-electron chi connectivity index (χ1n) is 18.2. The second-order valence-electron chi connectivity index (χ2n) is 14.2. The Morgan fingerprint density at radius 1 is 1.06 bits per heavy atom. The van der Waals surface area contributed by atoms with Gasteiger partial charge in [-0.15, -0.1) is 24.9 Å². The van der Waals surface area contributed by atoms with Crippen molar-refractivity contribution in [3.05, 3.63) is 85.5 Å². The molecule has 2 unspecified atom stereocenters. The molecule has 6 rings (SSSR count). The largest absolute Gasteiger partial charge is 0.494 e. The smallest absolute Gasteiger partial charge is 0.247 e. The number of ether oxygens (including phenoxy) is 2. The van der Waals surface area contributed by atoms with Gasteiger partial charge in [-0.25, -0.2) is 0 Å². The minimum absolute atomic E-state index is 0.148. The number of benzene rings is 2. The summed E-state index contributed by atoms with van der Waals surface area (Å²) in [4.78, 5) is 52.7. The fraction of sp³-hybridized carbons (Fsp3) is 0.525. The van der Waals surface area contributed by atoms with E-state index in [1.165, 1.54) is 0 Å². The van der Waals surface area contributed by atoms with Crippen molar-refractivity contribution in [2.24, 2.45) is 11.8 Å². The average Bonchev–Trinajstić information content (AvgIpc) is 3.72. The van der Waals surface area contributed by atoms with Gasteiger partial charge in [0.15, 0.2) is 0 Å². The lowest BCUT2D eigenvalue weighted by Gasteiger charge is -2.40. The first kappa shape index (κ1) is 37.1. The standard InChI is InChI=1S/C40H52N4O6S/c1-5-19-42(22-21-41-23-25-49-26-24-41)38(48)35-40-18-17-39(4,51-40)33(36(46)43(20-6-2)30-13-15-32(16-14-30)50-7-3)34(40)37(47)44(35)31(28-45)27-29-11-9-8-10-12-29/h5-6,8-16,31,33-35,45H,1-2,7,17-28H2,3-4H3/t31-,33-,34+,35?,39+,40?/m1/s1. The third kappa shape index (κ3) is 7.10. The Morgan fingerprint density at radius 2 is 1.76 bits per heavy atom. The second-order valence-corrected chi connectivity index (χ2v) is 16.1. The lowest BCUT2D eigenvalue weighted by Crippen LogP contribution is -2.58. The number of rotatable bonds is 16. The highest BCUT2D eigenvalue weighted by Gasteiger charge is 2.78. The summed E-state index contributed by atoms with van der Waals surface area (Å²) >= 11 is 1.65. The van der Waals surface area contributed by atoms with Gasteiger partial charge in [-0.05, 0) is 62.9 Å². The predicted molar refractivity (Wildman–Crippen MR) is 201 cm³/mol. The van der Waals surface area contributed by atoms with Crippen molar-refractivity contribution in [1.82, 2.24) is 14.7 Å². The first-order chi connectivity index (χ1) is 24.7. The van der Waals surface area contributed by atoms with Gasteiger partial charge in [-0.1, -0.05) is 42.5 Å². The monoisotopic (exact) mass is 716 g/mol. The highest BCUT2D eigenvalue weighted by atomic mass is 32.2. The summed E-state index contributed by atoms with van der Waals surface area (Å²) in [6.07, 6.45) is 5.14. The van der Waals surface area contributed by atoms with Crippen molar-refractivity contribution < 1.29 is 29.0 Å². The number of hydrogen-bond donors (Lipinski definition) is 1. The number of amides is 3. The fourth-order valence-corrected chi connectivity index (χ4v) is 11.1. The second kappa shape index (κ2) is 15.9. The first-order valence-corrected chi connectivity index (χ1v) is 19.0. The van der Waals surface area contributed by atoms with Crippen LogP contribution in [0.15, 0.2) is 79.9 Å². The van der Waals surface area contributed by atoms with Crippen LogP contribution in [0.4, 0.5) is 5.69 Å². The quantitative estimate of drug-likeness (QED) is 0.260. The number of anilines is 1. The molecule has 0 aliphatic carbocycles. The van der Waals surface area contributed by atoms with Crippen LogP contribution in [0.3, 0.4) is 0 Å². The molecule has 4 heterocycles. The molecule has 2 aromatic rings. The highest BCUT2D eigenvalue weighted by molar-refractivity contribution is 8.02. The number of carbonyl (C=O) groups excluding carboxylic acids is 3. The summed E-state index contributed by atoms with van der Waals surface area (Å²) in [5.74, 6) is -1.22. The molecule has 274 valence electrons. The van der Waals surface area contributed by atoms with Gasteiger partial charge in [0.1, 0.15) is 11.8 Å². The van der Waals surface area contributed by atoms with Gasteiger partial charge in [0.25, 0.3) is 0 Å². The van der Waals surface area contributed by atoms with Crippen LogP contribution in [0.1, 0.15) is 32.3 Å². The molecular formula is C40H52N4O6S. The maximum absolute atomic E-state index is 15.1. The van der Waals surface area contributed by atoms with E-state index in [0.717, 1.165) is 18.7 Å². The zero-order valence-electron chi connectivity index (χ0n) is 30.0. The van der Waals surface area contributed by atoms with Crippen LogP contribution in [0.25, 0.3) is 0 Å². The number of thioether (sulfide) groups is 1. The third-order valence-corrected chi connectivity index (χ3v) is 13.1. The lowest BCUT2D eigenvalue weighted by molar-refractivity contribution is -0.146. The summed E-state index contributed by atoms with van der Waals surface area (Å²) in [5.41, 5.74) is 1.66. The van der Waals surface area contributed by atoms with E-state index >= 15 is 9.59 Å². The van der Waals surface area contributed by atoms with Crippen LogP contribution in [-0.4, -0.2) is 125 Å². The van der Waals surface area contributed by atoms with E-state index in [-0.39, 0.29) is 30.9 Å². The molecule has 4 aliphatic rings. The van der Waals surface area contributed by atoms with Crippen LogP contribution >= 0.6 is 11.8 Å². The topological polar surface area (TPSA) is 103 Å². The van der Waals surface area contributed by atoms with Crippen molar-refractivity contribution >= 4 is 35.2 Å². The van der Waals surface area contributed by atoms with Crippen LogP contribution in [-0.2, 0) is 25.5 Å². The number of fused-ring (bicyclic) bond motifs is 1. The molecule has 51 heavy (non-hydrogen) atoms. The molecule has 0 aromatic heterocycles. The zero-order chi connectivity index (χ0) is 36.2. The number of aliphatic hydroxyl groups excluding tert-OH is 1. The van der Waals surface area contributed by atoms with Crippen molar-refractivity contribution in [2.45, 2.75) is 54.7 Å². The Bertz CT molecular complexity index is 1570. The molecule has 1 N–H and O–H groups in total. The van der Waals surface area contributed by atoms with Crippen LogP contribution in [0.2, 0.25) is 0 Å². The van der Waals surface area contributed by atoms with Gasteiger partial charge >= 0.3 is 0 Å². The molecule has 10 nitrogen and oxygen atoms in total. The zero-order valence-corrected chi connectivity index (χ0v) is 30.8. The summed E-state index contributed by atoms with van der Waals surface area (Å²) in [6.45, 7) is 16.8. The molecule has 0 saturated carbocycles. The van der Waals surface area contributed by atoms with E-state index in [1.807, 2.05) is 66.4 Å². The van der Waals surface area contributed by atoms with Crippen molar-refractivity contribution in [1.29, 1.82) is 0 Å². The van der Waals surface area contributed by atoms with Crippen molar-refractivity contribution in [3.63, 3.8) is 0 Å². The molecule has 4 aliphatic heterocycles. The average molecular weight is 717 g/mol. The molecule has 4 fully saturated rings. The molecule has 11 heteroatoms. The molecule has 0 radical (unpaired) electrons. The molecule has 4 saturated heterocycles. The Balaban J connectivity index is 1.39. The fourth-order valence-electron chi connectivity index (χ4n) is 8.77. The summed E-state index contributed by atoms with van der Waals surface area (Å²) in [6, 6.07) is 15.7. The third-order valence-electron chi connectivity index (χ3n) is 11.1. The lowest BCUT2D eigenvalue weighted by atomic mass is 9.66. The minimum atomic E-state index is -0.844. The molecule has 6 atom stereocenters. The molecule has 2 aromatic carbocycles. The summed E-state index contributed by atoms with van der Waals surface area (Å²) < 4.78 is 9.80. The van der Waals surface area contributed by atoms with Crippen LogP contribution in [0.5, 0.6) is 5.75 Å². The number of carbonyl (C=O) groups is 3. The minimum Gasteiger partial charge on any atom is -0.494 e. The predicted octanol–water partition coefficient (Wildman–Crippen LogP) is 4.04. The normalized spacial score (nSPS) is 27.5. The Morgan fingerprint density at radius 3 is 2.41 bits per heavy atom. The Hall–Kier alpha value is -3.64. The van der Waals surface area contributed by atoms with Gasteiger partial charge in [-0.2, -0.15) is 0 Å². The maximum Gasteiger partial charge on any atom is 0.247 e.